The lowest BCUT2D eigenvalue weighted by atomic mass is 10.3. The third kappa shape index (κ3) is 4.35. The summed E-state index contributed by atoms with van der Waals surface area (Å²) in [6.07, 6.45) is 0. The second-order valence-electron chi connectivity index (χ2n) is 5.13. The molecule has 0 amide bonds. The number of hydrogen-bond acceptors (Lipinski definition) is 8. The molecule has 12 heteroatoms. The van der Waals surface area contributed by atoms with Gasteiger partial charge in [0.15, 0.2) is 11.5 Å². The molecule has 0 fully saturated rings. The summed E-state index contributed by atoms with van der Waals surface area (Å²) in [5.74, 6) is -1.95. The number of phenolic OH excluding ortho intramolecular Hbond substituents is 2. The summed E-state index contributed by atoms with van der Waals surface area (Å²) >= 11 is 12.1. The van der Waals surface area contributed by atoms with Crippen LogP contribution in [0.4, 0.5) is 5.69 Å². The van der Waals surface area contributed by atoms with Crippen molar-refractivity contribution in [2.24, 2.45) is 0 Å². The van der Waals surface area contributed by atoms with Crippen molar-refractivity contribution in [3.8, 4) is 17.2 Å². The number of nitro benzene ring substituents is 1. The Labute approximate surface area is 163 Å². The molecule has 0 aromatic heterocycles. The van der Waals surface area contributed by atoms with Gasteiger partial charge in [0.25, 0.3) is 0 Å². The van der Waals surface area contributed by atoms with Crippen LogP contribution in [0.25, 0.3) is 0 Å². The first-order valence-electron chi connectivity index (χ1n) is 7.15. The van der Waals surface area contributed by atoms with Crippen molar-refractivity contribution >= 4 is 38.7 Å². The molecule has 2 aromatic carbocycles. The topological polar surface area (TPSA) is 136 Å². The summed E-state index contributed by atoms with van der Waals surface area (Å²) in [5, 5.41) is 29.8. The van der Waals surface area contributed by atoms with E-state index >= 15 is 0 Å². The van der Waals surface area contributed by atoms with Crippen LogP contribution in [0.3, 0.4) is 0 Å². The molecule has 0 unspecified atom stereocenters. The lowest BCUT2D eigenvalue weighted by molar-refractivity contribution is -0.386. The Balaban J connectivity index is 2.53. The second kappa shape index (κ2) is 8.17. The number of methoxy groups -OCH3 is 1. The number of hydrogen-bond donors (Lipinski definition) is 2. The van der Waals surface area contributed by atoms with Gasteiger partial charge < -0.3 is 19.7 Å². The third-order valence-electron chi connectivity index (χ3n) is 3.37. The molecule has 0 aliphatic heterocycles. The first-order chi connectivity index (χ1) is 12.6. The Morgan fingerprint density at radius 3 is 2.15 bits per heavy atom. The van der Waals surface area contributed by atoms with Crippen LogP contribution < -0.4 is 4.74 Å². The quantitative estimate of drug-likeness (QED) is 0.291. The minimum absolute atomic E-state index is 0.0499. The summed E-state index contributed by atoms with van der Waals surface area (Å²) in [5.41, 5.74) is -0.967. The van der Waals surface area contributed by atoms with Crippen LogP contribution in [0.5, 0.6) is 17.2 Å². The molecule has 0 radical (unpaired) electrons. The monoisotopic (exact) mass is 437 g/mol. The molecular weight excluding hydrogens is 425 g/mol. The van der Waals surface area contributed by atoms with E-state index in [1.165, 1.54) is 7.11 Å². The van der Waals surface area contributed by atoms with Crippen LogP contribution in [0, 0.1) is 10.1 Å². The van der Waals surface area contributed by atoms with E-state index in [4.69, 9.17) is 32.7 Å². The fraction of sp³-hybridized carbons (Fsp3) is 0.200. The highest BCUT2D eigenvalue weighted by molar-refractivity contribution is 7.91. The number of phenols is 2. The van der Waals surface area contributed by atoms with Gasteiger partial charge in [-0.25, -0.2) is 8.42 Å². The maximum atomic E-state index is 12.8. The molecule has 0 saturated carbocycles. The van der Waals surface area contributed by atoms with E-state index in [0.717, 1.165) is 12.1 Å². The molecule has 0 bridgehead atoms. The average molecular weight is 438 g/mol. The van der Waals surface area contributed by atoms with Crippen molar-refractivity contribution in [2.45, 2.75) is 9.79 Å². The number of nitrogens with zero attached hydrogens (tertiary/aromatic N) is 1. The first kappa shape index (κ1) is 21.0. The molecule has 2 N–H and O–H groups in total. The van der Waals surface area contributed by atoms with Crippen molar-refractivity contribution < 1.29 is 33.0 Å². The van der Waals surface area contributed by atoms with E-state index in [0.29, 0.717) is 12.1 Å². The summed E-state index contributed by atoms with van der Waals surface area (Å²) in [4.78, 5) is 8.91. The molecule has 27 heavy (non-hydrogen) atoms. The van der Waals surface area contributed by atoms with Crippen molar-refractivity contribution in [3.05, 3.63) is 44.4 Å². The molecule has 0 spiro atoms. The first-order valence-corrected chi connectivity index (χ1v) is 9.39. The molecule has 0 saturated heterocycles. The van der Waals surface area contributed by atoms with Gasteiger partial charge >= 0.3 is 5.69 Å². The zero-order valence-corrected chi connectivity index (χ0v) is 16.0. The summed E-state index contributed by atoms with van der Waals surface area (Å²) in [7, 11) is -2.88. The second-order valence-corrected chi connectivity index (χ2v) is 7.89. The molecular formula is C15H13Cl2NO8S. The van der Waals surface area contributed by atoms with Gasteiger partial charge in [-0.3, -0.25) is 10.1 Å². The highest BCUT2D eigenvalue weighted by Crippen LogP contribution is 2.41. The number of sulfone groups is 1. The van der Waals surface area contributed by atoms with Gasteiger partial charge in [0.1, 0.15) is 6.61 Å². The average Bonchev–Trinajstić information content (AvgIpc) is 2.59. The van der Waals surface area contributed by atoms with Crippen LogP contribution in [-0.4, -0.2) is 43.9 Å². The third-order valence-corrected chi connectivity index (χ3v) is 5.64. The highest BCUT2D eigenvalue weighted by atomic mass is 35.5. The lowest BCUT2D eigenvalue weighted by Gasteiger charge is -2.12. The van der Waals surface area contributed by atoms with Crippen molar-refractivity contribution in [1.82, 2.24) is 0 Å². The van der Waals surface area contributed by atoms with Crippen molar-refractivity contribution in [2.75, 3.05) is 20.3 Å². The van der Waals surface area contributed by atoms with E-state index in [1.54, 1.807) is 0 Å². The van der Waals surface area contributed by atoms with Crippen LogP contribution in [-0.2, 0) is 14.6 Å². The van der Waals surface area contributed by atoms with Crippen LogP contribution >= 0.6 is 23.2 Å². The summed E-state index contributed by atoms with van der Waals surface area (Å²) in [6, 6.07) is 3.42. The van der Waals surface area contributed by atoms with Crippen LogP contribution in [0.15, 0.2) is 34.1 Å². The van der Waals surface area contributed by atoms with Crippen LogP contribution in [0.1, 0.15) is 0 Å². The molecule has 0 heterocycles. The molecule has 0 aliphatic rings. The normalized spacial score (nSPS) is 11.4. The molecule has 9 nitrogen and oxygen atoms in total. The number of rotatable bonds is 7. The molecule has 146 valence electrons. The largest absolute Gasteiger partial charge is 0.504 e. The minimum atomic E-state index is -4.35. The molecule has 2 rings (SSSR count). The number of nitro groups is 1. The fourth-order valence-electron chi connectivity index (χ4n) is 2.07. The molecule has 0 atom stereocenters. The summed E-state index contributed by atoms with van der Waals surface area (Å²) < 4.78 is 35.7. The van der Waals surface area contributed by atoms with E-state index in [1.807, 2.05) is 0 Å². The van der Waals surface area contributed by atoms with Gasteiger partial charge in [0.2, 0.25) is 15.6 Å². The zero-order valence-electron chi connectivity index (χ0n) is 13.7. The smallest absolute Gasteiger partial charge is 0.315 e. The number of ether oxygens (including phenoxy) is 2. The van der Waals surface area contributed by atoms with E-state index < -0.39 is 36.8 Å². The maximum Gasteiger partial charge on any atom is 0.315 e. The molecule has 0 aliphatic carbocycles. The van der Waals surface area contributed by atoms with Gasteiger partial charge in [-0.15, -0.1) is 0 Å². The number of benzene rings is 2. The predicted octanol–water partition coefficient (Wildman–Crippen LogP) is 3.17. The zero-order chi connectivity index (χ0) is 20.4. The minimum Gasteiger partial charge on any atom is -0.504 e. The fourth-order valence-corrected chi connectivity index (χ4v) is 4.14. The van der Waals surface area contributed by atoms with E-state index in [9.17, 15) is 28.7 Å². The van der Waals surface area contributed by atoms with Gasteiger partial charge in [-0.2, -0.15) is 0 Å². The van der Waals surface area contributed by atoms with Crippen LogP contribution in [0.2, 0.25) is 10.0 Å². The molecule has 2 aromatic rings. The van der Waals surface area contributed by atoms with Crippen molar-refractivity contribution in [3.63, 3.8) is 0 Å². The SMILES string of the molecule is COCCOc1c(Cl)cc(S(=O)(=O)c2cc(O)c(O)c([N+](=O)[O-])c2)cc1Cl. The van der Waals surface area contributed by atoms with Gasteiger partial charge in [-0.1, -0.05) is 23.2 Å². The lowest BCUT2D eigenvalue weighted by Crippen LogP contribution is -2.07. The Hall–Kier alpha value is -2.27. The number of aromatic hydroxyl groups is 2. The predicted molar refractivity (Wildman–Crippen MR) is 95.7 cm³/mol. The van der Waals surface area contributed by atoms with Gasteiger partial charge in [0, 0.05) is 19.2 Å². The van der Waals surface area contributed by atoms with E-state index in [2.05, 4.69) is 0 Å². The Morgan fingerprint density at radius 1 is 1.07 bits per heavy atom. The number of halogens is 2. The van der Waals surface area contributed by atoms with Gasteiger partial charge in [-0.05, 0) is 12.1 Å². The standard InChI is InChI=1S/C15H13Cl2NO8S/c1-25-2-3-26-15-10(16)4-8(5-11(15)17)27(23,24)9-6-12(18(21)22)14(20)13(19)7-9/h4-7,19-20H,2-3H2,1H3. The maximum absolute atomic E-state index is 12.8. The Bertz CT molecular complexity index is 971. The highest BCUT2D eigenvalue weighted by Gasteiger charge is 2.27. The Kier molecular flexibility index (Phi) is 6.37. The van der Waals surface area contributed by atoms with Crippen molar-refractivity contribution in [1.29, 1.82) is 0 Å². The Morgan fingerprint density at radius 2 is 1.63 bits per heavy atom. The summed E-state index contributed by atoms with van der Waals surface area (Å²) in [6.45, 7) is 0.378. The van der Waals surface area contributed by atoms with E-state index in [-0.39, 0.29) is 33.9 Å². The van der Waals surface area contributed by atoms with Gasteiger partial charge in [0.05, 0.1) is 31.4 Å².